The van der Waals surface area contributed by atoms with E-state index in [0.717, 1.165) is 6.07 Å². The quantitative estimate of drug-likeness (QED) is 0.422. The first-order chi connectivity index (χ1) is 14.0. The number of nitrogens with two attached hydrogens (primary N) is 1. The number of carboxylic acid groups (broad SMARTS) is 1. The first-order valence-corrected chi connectivity index (χ1v) is 8.96. The molecule has 0 saturated heterocycles. The zero-order valence-electron chi connectivity index (χ0n) is 16.7. The lowest BCUT2D eigenvalue weighted by atomic mass is 9.98. The molecule has 0 radical (unpaired) electrons. The van der Waals surface area contributed by atoms with Crippen LogP contribution in [-0.4, -0.2) is 72.1 Å². The largest absolute Gasteiger partial charge is 0.490 e. The topological polar surface area (TPSA) is 182 Å². The number of ether oxygens (including phenoxy) is 1. The number of amides is 1. The summed E-state index contributed by atoms with van der Waals surface area (Å²) in [5.74, 6) is -2.45. The highest BCUT2D eigenvalue weighted by atomic mass is 16.6. The molecular weight excluding hydrogens is 402 g/mol. The number of rotatable bonds is 9. The molecule has 164 valence electrons. The minimum atomic E-state index is -1.27. The Morgan fingerprint density at radius 1 is 1.33 bits per heavy atom. The predicted octanol–water partition coefficient (Wildman–Crippen LogP) is 0.695. The molecule has 0 bridgehead atoms. The van der Waals surface area contributed by atoms with Gasteiger partial charge in [0, 0.05) is 31.0 Å². The number of hydrogen-bond donors (Lipinski definition) is 2. The van der Waals surface area contributed by atoms with E-state index in [9.17, 15) is 29.8 Å². The minimum absolute atomic E-state index is 0.0347. The van der Waals surface area contributed by atoms with Crippen LogP contribution in [0.4, 0.5) is 17.1 Å². The standard InChI is InChI=1S/C17H23N5O8/c1-19(2)7-9-8-20(13(23)5-4-10(18)17(24)25)15-11(21(26)27)6-12(22(28)29)16(30-3)14(9)15/h6,9-10H,4-5,7-8,18H2,1-3H3,(H,24,25). The average molecular weight is 425 g/mol. The van der Waals surface area contributed by atoms with Crippen molar-refractivity contribution < 1.29 is 29.3 Å². The van der Waals surface area contributed by atoms with Crippen molar-refractivity contribution >= 4 is 28.9 Å². The SMILES string of the molecule is COc1c([N+](=O)[O-])cc([N+](=O)[O-])c2c1C(CN(C)C)CN2C(=O)CCC(N)C(=O)O. The summed E-state index contributed by atoms with van der Waals surface area (Å²) in [6.45, 7) is 0.382. The Hall–Kier alpha value is -3.32. The number of hydrogen-bond acceptors (Lipinski definition) is 9. The van der Waals surface area contributed by atoms with Crippen molar-refractivity contribution in [2.45, 2.75) is 24.8 Å². The summed E-state index contributed by atoms with van der Waals surface area (Å²) in [4.78, 5) is 48.3. The van der Waals surface area contributed by atoms with Gasteiger partial charge in [0.2, 0.25) is 11.7 Å². The molecule has 13 nitrogen and oxygen atoms in total. The third kappa shape index (κ3) is 4.46. The fourth-order valence-electron chi connectivity index (χ4n) is 3.56. The first-order valence-electron chi connectivity index (χ1n) is 8.96. The van der Waals surface area contributed by atoms with Gasteiger partial charge in [0.1, 0.15) is 17.8 Å². The Balaban J connectivity index is 2.62. The van der Waals surface area contributed by atoms with E-state index in [4.69, 9.17) is 15.6 Å². The van der Waals surface area contributed by atoms with Crippen LogP contribution in [0.25, 0.3) is 0 Å². The lowest BCUT2D eigenvalue weighted by Gasteiger charge is -2.19. The fourth-order valence-corrected chi connectivity index (χ4v) is 3.56. The van der Waals surface area contributed by atoms with Gasteiger partial charge in [-0.3, -0.25) is 29.8 Å². The molecule has 0 aliphatic carbocycles. The molecule has 1 aliphatic heterocycles. The maximum absolute atomic E-state index is 12.8. The van der Waals surface area contributed by atoms with Crippen molar-refractivity contribution in [3.05, 3.63) is 31.9 Å². The Bertz CT molecular complexity index is 887. The second-order valence-electron chi connectivity index (χ2n) is 7.17. The number of methoxy groups -OCH3 is 1. The van der Waals surface area contributed by atoms with Crippen molar-refractivity contribution in [1.29, 1.82) is 0 Å². The van der Waals surface area contributed by atoms with E-state index in [-0.39, 0.29) is 36.4 Å². The van der Waals surface area contributed by atoms with Gasteiger partial charge in [-0.1, -0.05) is 0 Å². The minimum Gasteiger partial charge on any atom is -0.490 e. The lowest BCUT2D eigenvalue weighted by Crippen LogP contribution is -2.35. The summed E-state index contributed by atoms with van der Waals surface area (Å²) < 4.78 is 5.24. The highest BCUT2D eigenvalue weighted by Crippen LogP contribution is 2.52. The third-order valence-corrected chi connectivity index (χ3v) is 4.80. The molecule has 2 atom stereocenters. The molecule has 13 heteroatoms. The number of likely N-dealkylation sites (N-methyl/N-ethyl adjacent to an activating group) is 1. The molecule has 1 aliphatic rings. The van der Waals surface area contributed by atoms with Gasteiger partial charge in [-0.2, -0.15) is 0 Å². The van der Waals surface area contributed by atoms with E-state index in [2.05, 4.69) is 0 Å². The first kappa shape index (κ1) is 23.0. The number of anilines is 1. The van der Waals surface area contributed by atoms with Gasteiger partial charge in [-0.05, 0) is 20.5 Å². The maximum Gasteiger partial charge on any atom is 0.320 e. The van der Waals surface area contributed by atoms with Crippen LogP contribution in [0.3, 0.4) is 0 Å². The Morgan fingerprint density at radius 3 is 2.40 bits per heavy atom. The van der Waals surface area contributed by atoms with Crippen LogP contribution in [0.15, 0.2) is 6.07 Å². The number of nitro benzene ring substituents is 2. The maximum atomic E-state index is 12.8. The van der Waals surface area contributed by atoms with E-state index >= 15 is 0 Å². The molecule has 3 N–H and O–H groups in total. The van der Waals surface area contributed by atoms with Gasteiger partial charge in [-0.15, -0.1) is 0 Å². The van der Waals surface area contributed by atoms with Crippen molar-refractivity contribution in [3.8, 4) is 5.75 Å². The van der Waals surface area contributed by atoms with Crippen LogP contribution in [0.5, 0.6) is 5.75 Å². The Labute approximate surface area is 171 Å². The number of benzene rings is 1. The van der Waals surface area contributed by atoms with E-state index in [1.54, 1.807) is 19.0 Å². The summed E-state index contributed by atoms with van der Waals surface area (Å²) in [7, 11) is 4.74. The average Bonchev–Trinajstić information content (AvgIpc) is 3.02. The van der Waals surface area contributed by atoms with Crippen LogP contribution < -0.4 is 15.4 Å². The molecule has 0 fully saturated rings. The molecule has 1 amide bonds. The van der Waals surface area contributed by atoms with Crippen molar-refractivity contribution in [2.24, 2.45) is 5.73 Å². The smallest absolute Gasteiger partial charge is 0.320 e. The van der Waals surface area contributed by atoms with Crippen molar-refractivity contribution in [2.75, 3.05) is 39.2 Å². The van der Waals surface area contributed by atoms with Gasteiger partial charge >= 0.3 is 11.7 Å². The van der Waals surface area contributed by atoms with Crippen LogP contribution in [0.2, 0.25) is 0 Å². The van der Waals surface area contributed by atoms with Crippen LogP contribution in [0.1, 0.15) is 24.3 Å². The number of fused-ring (bicyclic) bond motifs is 1. The molecular formula is C17H23N5O8. The summed E-state index contributed by atoms with van der Waals surface area (Å²) in [5.41, 5.74) is 4.44. The molecule has 0 spiro atoms. The highest BCUT2D eigenvalue weighted by molar-refractivity contribution is 6.00. The predicted molar refractivity (Wildman–Crippen MR) is 105 cm³/mol. The fraction of sp³-hybridized carbons (Fsp3) is 0.529. The number of aliphatic carboxylic acids is 1. The third-order valence-electron chi connectivity index (χ3n) is 4.80. The Kier molecular flexibility index (Phi) is 6.89. The second-order valence-corrected chi connectivity index (χ2v) is 7.17. The number of nitrogens with zero attached hydrogens (tertiary/aromatic N) is 4. The zero-order chi connectivity index (χ0) is 22.7. The number of carbonyl (C=O) groups is 2. The van der Waals surface area contributed by atoms with Crippen LogP contribution >= 0.6 is 0 Å². The number of nitro groups is 2. The van der Waals surface area contributed by atoms with Crippen molar-refractivity contribution in [1.82, 2.24) is 4.90 Å². The van der Waals surface area contributed by atoms with Gasteiger partial charge in [0.15, 0.2) is 0 Å². The number of carboxylic acids is 1. The van der Waals surface area contributed by atoms with Crippen LogP contribution in [0, 0.1) is 20.2 Å². The molecule has 1 aromatic carbocycles. The van der Waals surface area contributed by atoms with Gasteiger partial charge in [-0.25, -0.2) is 0 Å². The van der Waals surface area contributed by atoms with Crippen molar-refractivity contribution in [3.63, 3.8) is 0 Å². The summed E-state index contributed by atoms with van der Waals surface area (Å²) >= 11 is 0. The Morgan fingerprint density at radius 2 is 1.93 bits per heavy atom. The molecule has 1 heterocycles. The molecule has 0 saturated carbocycles. The summed E-state index contributed by atoms with van der Waals surface area (Å²) in [5, 5.41) is 32.1. The van der Waals surface area contributed by atoms with E-state index in [1.807, 2.05) is 0 Å². The summed E-state index contributed by atoms with van der Waals surface area (Å²) in [6, 6.07) is -0.478. The monoisotopic (exact) mass is 425 g/mol. The van der Waals surface area contributed by atoms with Crippen LogP contribution in [-0.2, 0) is 9.59 Å². The van der Waals surface area contributed by atoms with E-state index in [1.165, 1.54) is 12.0 Å². The van der Waals surface area contributed by atoms with E-state index < -0.39 is 45.1 Å². The normalized spacial score (nSPS) is 16.3. The van der Waals surface area contributed by atoms with Gasteiger partial charge < -0.3 is 25.4 Å². The van der Waals surface area contributed by atoms with E-state index in [0.29, 0.717) is 6.54 Å². The molecule has 2 unspecified atom stereocenters. The molecule has 2 rings (SSSR count). The zero-order valence-corrected chi connectivity index (χ0v) is 16.7. The molecule has 0 aromatic heterocycles. The number of carbonyl (C=O) groups excluding carboxylic acids is 1. The molecule has 30 heavy (non-hydrogen) atoms. The lowest BCUT2D eigenvalue weighted by molar-refractivity contribution is -0.394. The second kappa shape index (κ2) is 9.00. The summed E-state index contributed by atoms with van der Waals surface area (Å²) in [6.07, 6.45) is -0.408. The van der Waals surface area contributed by atoms with Gasteiger partial charge in [0.05, 0.1) is 17.0 Å². The van der Waals surface area contributed by atoms with Gasteiger partial charge in [0.25, 0.3) is 5.69 Å². The highest BCUT2D eigenvalue weighted by Gasteiger charge is 2.44. The molecule has 1 aromatic rings.